The van der Waals surface area contributed by atoms with E-state index < -0.39 is 0 Å². The van der Waals surface area contributed by atoms with Crippen molar-refractivity contribution in [3.8, 4) is 5.75 Å². The van der Waals surface area contributed by atoms with Gasteiger partial charge in [-0.05, 0) is 80.8 Å². The number of hydrogen-bond donors (Lipinski definition) is 0. The van der Waals surface area contributed by atoms with Crippen LogP contribution in [0.2, 0.25) is 0 Å². The third kappa shape index (κ3) is 4.46. The lowest BCUT2D eigenvalue weighted by Gasteiger charge is -2.26. The predicted molar refractivity (Wildman–Crippen MR) is 123 cm³/mol. The van der Waals surface area contributed by atoms with Crippen molar-refractivity contribution in [2.75, 3.05) is 19.7 Å². The van der Waals surface area contributed by atoms with Gasteiger partial charge in [-0.2, -0.15) is 0 Å². The first kappa shape index (κ1) is 20.1. The van der Waals surface area contributed by atoms with E-state index in [0.29, 0.717) is 6.61 Å². The van der Waals surface area contributed by atoms with Crippen molar-refractivity contribution < 1.29 is 9.53 Å². The number of amides is 1. The van der Waals surface area contributed by atoms with E-state index in [2.05, 4.69) is 22.8 Å². The minimum absolute atomic E-state index is 0.145. The number of carbonyl (C=O) groups excluding carboxylic acids is 1. The van der Waals surface area contributed by atoms with Gasteiger partial charge in [-0.15, -0.1) is 0 Å². The Balaban J connectivity index is 1.44. The minimum atomic E-state index is 0.145. The van der Waals surface area contributed by atoms with Crippen molar-refractivity contribution in [3.05, 3.63) is 59.4 Å². The summed E-state index contributed by atoms with van der Waals surface area (Å²) in [5.41, 5.74) is 4.06. The molecule has 1 aliphatic heterocycles. The molecular formula is C26H31N3O2. The van der Waals surface area contributed by atoms with Gasteiger partial charge < -0.3 is 14.2 Å². The Bertz CT molecular complexity index is 1060. The fourth-order valence-electron chi connectivity index (χ4n) is 4.54. The highest BCUT2D eigenvalue weighted by Crippen LogP contribution is 2.33. The second-order valence-corrected chi connectivity index (χ2v) is 8.89. The number of ether oxygens (including phenoxy) is 1. The van der Waals surface area contributed by atoms with E-state index in [1.165, 1.54) is 24.8 Å². The van der Waals surface area contributed by atoms with Crippen molar-refractivity contribution in [2.24, 2.45) is 5.92 Å². The van der Waals surface area contributed by atoms with Gasteiger partial charge in [0, 0.05) is 31.6 Å². The lowest BCUT2D eigenvalue weighted by atomic mass is 10.1. The largest absolute Gasteiger partial charge is 0.494 e. The molecule has 0 unspecified atom stereocenters. The minimum Gasteiger partial charge on any atom is -0.494 e. The van der Waals surface area contributed by atoms with Crippen LogP contribution in [0.15, 0.2) is 42.5 Å². The molecule has 5 rings (SSSR count). The zero-order chi connectivity index (χ0) is 21.2. The average molecular weight is 418 g/mol. The Morgan fingerprint density at radius 1 is 1.06 bits per heavy atom. The van der Waals surface area contributed by atoms with E-state index in [1.807, 2.05) is 36.1 Å². The summed E-state index contributed by atoms with van der Waals surface area (Å²) in [5.74, 6) is 2.88. The van der Waals surface area contributed by atoms with E-state index in [9.17, 15) is 4.79 Å². The Kier molecular flexibility index (Phi) is 5.66. The molecule has 0 spiro atoms. The van der Waals surface area contributed by atoms with Gasteiger partial charge in [0.15, 0.2) is 0 Å². The molecule has 0 N–H and O–H groups in total. The Morgan fingerprint density at radius 3 is 2.55 bits per heavy atom. The highest BCUT2D eigenvalue weighted by molar-refractivity contribution is 5.97. The molecule has 31 heavy (non-hydrogen) atoms. The number of imidazole rings is 1. The van der Waals surface area contributed by atoms with Gasteiger partial charge >= 0.3 is 0 Å². The number of nitrogens with zero attached hydrogens (tertiary/aromatic N) is 3. The number of likely N-dealkylation sites (tertiary alicyclic amines) is 1. The molecule has 1 aliphatic carbocycles. The standard InChI is InChI=1S/C26H31N3O2/c1-2-31-22-11-8-19(9-12-22)16-25-27-23-17-21(26(30)28-14-4-3-5-15-28)10-13-24(23)29(25)18-20-6-7-20/h8-13,17,20H,2-7,14-16,18H2,1H3. The van der Waals surface area contributed by atoms with Crippen molar-refractivity contribution in [1.82, 2.24) is 14.5 Å². The molecule has 1 saturated heterocycles. The molecule has 0 radical (unpaired) electrons. The molecule has 0 atom stereocenters. The summed E-state index contributed by atoms with van der Waals surface area (Å²) in [6, 6.07) is 14.4. The van der Waals surface area contributed by atoms with Crippen LogP contribution >= 0.6 is 0 Å². The highest BCUT2D eigenvalue weighted by Gasteiger charge is 2.25. The number of benzene rings is 2. The third-order valence-corrected chi connectivity index (χ3v) is 6.45. The van der Waals surface area contributed by atoms with Crippen LogP contribution < -0.4 is 4.74 Å². The van der Waals surface area contributed by atoms with Gasteiger partial charge in [-0.3, -0.25) is 4.79 Å². The van der Waals surface area contributed by atoms with Gasteiger partial charge in [0.25, 0.3) is 5.91 Å². The maximum atomic E-state index is 13.0. The van der Waals surface area contributed by atoms with E-state index in [1.54, 1.807) is 0 Å². The fourth-order valence-corrected chi connectivity index (χ4v) is 4.54. The van der Waals surface area contributed by atoms with Crippen LogP contribution in [0.1, 0.15) is 60.8 Å². The Labute approximate surface area is 184 Å². The Morgan fingerprint density at radius 2 is 1.84 bits per heavy atom. The van der Waals surface area contributed by atoms with Gasteiger partial charge in [0.2, 0.25) is 0 Å². The maximum Gasteiger partial charge on any atom is 0.253 e. The molecule has 1 saturated carbocycles. The highest BCUT2D eigenvalue weighted by atomic mass is 16.5. The van der Waals surface area contributed by atoms with Crippen LogP contribution in [-0.4, -0.2) is 40.1 Å². The topological polar surface area (TPSA) is 47.4 Å². The van der Waals surface area contributed by atoms with Crippen molar-refractivity contribution in [2.45, 2.75) is 52.0 Å². The van der Waals surface area contributed by atoms with E-state index in [0.717, 1.165) is 73.0 Å². The van der Waals surface area contributed by atoms with Gasteiger partial charge in [0.05, 0.1) is 17.6 Å². The predicted octanol–water partition coefficient (Wildman–Crippen LogP) is 5.06. The first-order chi connectivity index (χ1) is 15.2. The summed E-state index contributed by atoms with van der Waals surface area (Å²) in [6.45, 7) is 5.43. The average Bonchev–Trinajstić information content (AvgIpc) is 3.57. The SMILES string of the molecule is CCOc1ccc(Cc2nc3cc(C(=O)N4CCCCC4)ccc3n2CC2CC2)cc1. The lowest BCUT2D eigenvalue weighted by molar-refractivity contribution is 0.0724. The molecule has 2 heterocycles. The quantitative estimate of drug-likeness (QED) is 0.540. The van der Waals surface area contributed by atoms with Crippen molar-refractivity contribution in [3.63, 3.8) is 0 Å². The van der Waals surface area contributed by atoms with E-state index in [4.69, 9.17) is 9.72 Å². The van der Waals surface area contributed by atoms with Crippen LogP contribution in [0.3, 0.4) is 0 Å². The molecule has 5 nitrogen and oxygen atoms in total. The number of carbonyl (C=O) groups is 1. The van der Waals surface area contributed by atoms with Crippen LogP contribution in [0.25, 0.3) is 11.0 Å². The normalized spacial score (nSPS) is 16.6. The first-order valence-electron chi connectivity index (χ1n) is 11.7. The summed E-state index contributed by atoms with van der Waals surface area (Å²) < 4.78 is 7.95. The molecule has 1 amide bonds. The Hall–Kier alpha value is -2.82. The number of piperidine rings is 1. The molecule has 5 heteroatoms. The van der Waals surface area contributed by atoms with Crippen molar-refractivity contribution in [1.29, 1.82) is 0 Å². The fraction of sp³-hybridized carbons (Fsp3) is 0.462. The first-order valence-corrected chi connectivity index (χ1v) is 11.7. The molecule has 2 fully saturated rings. The second kappa shape index (κ2) is 8.74. The number of rotatable bonds is 7. The van der Waals surface area contributed by atoms with Crippen LogP contribution in [0, 0.1) is 5.92 Å². The second-order valence-electron chi connectivity index (χ2n) is 8.89. The summed E-state index contributed by atoms with van der Waals surface area (Å²) in [5, 5.41) is 0. The summed E-state index contributed by atoms with van der Waals surface area (Å²) in [6.07, 6.45) is 6.82. The number of fused-ring (bicyclic) bond motifs is 1. The smallest absolute Gasteiger partial charge is 0.253 e. The zero-order valence-corrected chi connectivity index (χ0v) is 18.3. The van der Waals surface area contributed by atoms with Crippen LogP contribution in [0.5, 0.6) is 5.75 Å². The molecular weight excluding hydrogens is 386 g/mol. The van der Waals surface area contributed by atoms with Crippen LogP contribution in [-0.2, 0) is 13.0 Å². The molecule has 3 aromatic rings. The third-order valence-electron chi connectivity index (χ3n) is 6.45. The van der Waals surface area contributed by atoms with E-state index >= 15 is 0 Å². The molecule has 2 aromatic carbocycles. The van der Waals surface area contributed by atoms with Gasteiger partial charge in [-0.25, -0.2) is 4.98 Å². The summed E-state index contributed by atoms with van der Waals surface area (Å²) in [7, 11) is 0. The van der Waals surface area contributed by atoms with E-state index in [-0.39, 0.29) is 5.91 Å². The molecule has 1 aromatic heterocycles. The summed E-state index contributed by atoms with van der Waals surface area (Å²) in [4.78, 5) is 20.0. The van der Waals surface area contributed by atoms with Crippen molar-refractivity contribution >= 4 is 16.9 Å². The molecule has 162 valence electrons. The molecule has 2 aliphatic rings. The molecule has 0 bridgehead atoms. The van der Waals surface area contributed by atoms with Gasteiger partial charge in [0.1, 0.15) is 11.6 Å². The number of aromatic nitrogens is 2. The number of hydrogen-bond acceptors (Lipinski definition) is 3. The lowest BCUT2D eigenvalue weighted by Crippen LogP contribution is -2.35. The monoisotopic (exact) mass is 417 g/mol. The van der Waals surface area contributed by atoms with Crippen LogP contribution in [0.4, 0.5) is 0 Å². The summed E-state index contributed by atoms with van der Waals surface area (Å²) >= 11 is 0. The van der Waals surface area contributed by atoms with Gasteiger partial charge in [-0.1, -0.05) is 12.1 Å². The maximum absolute atomic E-state index is 13.0. The zero-order valence-electron chi connectivity index (χ0n) is 18.3.